The second-order valence-corrected chi connectivity index (χ2v) is 5.63. The van der Waals surface area contributed by atoms with Gasteiger partial charge in [-0.2, -0.15) is 0 Å². The van der Waals surface area contributed by atoms with E-state index in [1.807, 2.05) is 6.92 Å². The molecule has 120 valence electrons. The summed E-state index contributed by atoms with van der Waals surface area (Å²) >= 11 is 11.9. The molecule has 4 nitrogen and oxygen atoms in total. The number of hydrogen-bond acceptors (Lipinski definition) is 3. The molecule has 1 rings (SSSR count). The molecule has 1 aromatic rings. The first-order chi connectivity index (χ1) is 10.3. The zero-order valence-electron chi connectivity index (χ0n) is 12.7. The van der Waals surface area contributed by atoms with Crippen LogP contribution in [0.1, 0.15) is 38.8 Å². The van der Waals surface area contributed by atoms with Crippen LogP contribution in [0, 0.1) is 0 Å². The lowest BCUT2D eigenvalue weighted by molar-refractivity contribution is -0.150. The minimum absolute atomic E-state index is 0.329. The zero-order valence-corrected chi connectivity index (χ0v) is 14.2. The Morgan fingerprint density at radius 2 is 2.00 bits per heavy atom. The topological polar surface area (TPSA) is 55.4 Å². The summed E-state index contributed by atoms with van der Waals surface area (Å²) in [5.74, 6) is -0.932. The van der Waals surface area contributed by atoms with Crippen LogP contribution in [0.25, 0.3) is 0 Å². The predicted octanol–water partition coefficient (Wildman–Crippen LogP) is 4.07. The van der Waals surface area contributed by atoms with Crippen LogP contribution in [0.5, 0.6) is 0 Å². The number of carbonyl (C=O) groups excluding carboxylic acids is 2. The molecule has 1 amide bonds. The van der Waals surface area contributed by atoms with Crippen molar-refractivity contribution in [3.8, 4) is 0 Å². The number of carbonyl (C=O) groups is 2. The molecule has 6 heteroatoms. The fraction of sp³-hybridized carbons (Fsp3) is 0.375. The molecule has 0 aliphatic rings. The van der Waals surface area contributed by atoms with Crippen molar-refractivity contribution in [2.24, 2.45) is 0 Å². The van der Waals surface area contributed by atoms with E-state index >= 15 is 0 Å². The van der Waals surface area contributed by atoms with Crippen molar-refractivity contribution in [3.63, 3.8) is 0 Å². The number of benzene rings is 1. The van der Waals surface area contributed by atoms with E-state index in [1.54, 1.807) is 31.2 Å². The van der Waals surface area contributed by atoms with Gasteiger partial charge in [-0.1, -0.05) is 42.3 Å². The summed E-state index contributed by atoms with van der Waals surface area (Å²) in [6, 6.07) is 4.73. The molecule has 0 unspecified atom stereocenters. The van der Waals surface area contributed by atoms with Crippen molar-refractivity contribution in [1.82, 2.24) is 5.32 Å². The summed E-state index contributed by atoms with van der Waals surface area (Å²) in [7, 11) is 0. The first kappa shape index (κ1) is 18.5. The lowest BCUT2D eigenvalue weighted by Crippen LogP contribution is -2.37. The number of rotatable bonds is 6. The van der Waals surface area contributed by atoms with Crippen molar-refractivity contribution in [2.75, 3.05) is 0 Å². The summed E-state index contributed by atoms with van der Waals surface area (Å²) in [4.78, 5) is 23.5. The van der Waals surface area contributed by atoms with Crippen molar-refractivity contribution in [3.05, 3.63) is 46.0 Å². The maximum Gasteiger partial charge on any atom is 0.331 e. The first-order valence-electron chi connectivity index (χ1n) is 6.97. The highest BCUT2D eigenvalue weighted by Gasteiger charge is 2.20. The van der Waals surface area contributed by atoms with Gasteiger partial charge in [-0.25, -0.2) is 4.79 Å². The van der Waals surface area contributed by atoms with Gasteiger partial charge in [0, 0.05) is 16.1 Å². The van der Waals surface area contributed by atoms with Gasteiger partial charge in [0.15, 0.2) is 6.10 Å². The van der Waals surface area contributed by atoms with Gasteiger partial charge >= 0.3 is 5.97 Å². The fourth-order valence-electron chi connectivity index (χ4n) is 1.74. The Morgan fingerprint density at radius 1 is 1.32 bits per heavy atom. The molecule has 0 aromatic heterocycles. The number of esters is 1. The lowest BCUT2D eigenvalue weighted by Gasteiger charge is -2.19. The average molecular weight is 344 g/mol. The SMILES string of the molecule is CC/C=C/C(=O)O[C@H](C)C(=O)N[C@@H](C)c1ccc(Cl)cc1Cl. The highest BCUT2D eigenvalue weighted by Crippen LogP contribution is 2.26. The minimum Gasteiger partial charge on any atom is -0.449 e. The van der Waals surface area contributed by atoms with Gasteiger partial charge in [-0.15, -0.1) is 0 Å². The molecule has 0 bridgehead atoms. The molecule has 0 aliphatic heterocycles. The van der Waals surface area contributed by atoms with Crippen LogP contribution in [-0.2, 0) is 14.3 Å². The Labute approximate surface area is 140 Å². The van der Waals surface area contributed by atoms with Gasteiger partial charge < -0.3 is 10.1 Å². The van der Waals surface area contributed by atoms with Crippen molar-refractivity contribution >= 4 is 35.1 Å². The number of ether oxygens (including phenoxy) is 1. The average Bonchev–Trinajstić information content (AvgIpc) is 2.44. The quantitative estimate of drug-likeness (QED) is 0.625. The van der Waals surface area contributed by atoms with Crippen LogP contribution in [0.3, 0.4) is 0 Å². The smallest absolute Gasteiger partial charge is 0.331 e. The molecular weight excluding hydrogens is 325 g/mol. The highest BCUT2D eigenvalue weighted by molar-refractivity contribution is 6.35. The van der Waals surface area contributed by atoms with E-state index < -0.39 is 18.0 Å². The van der Waals surface area contributed by atoms with Gasteiger partial charge in [0.25, 0.3) is 5.91 Å². The predicted molar refractivity (Wildman–Crippen MR) is 88.0 cm³/mol. The molecule has 0 spiro atoms. The lowest BCUT2D eigenvalue weighted by atomic mass is 10.1. The van der Waals surface area contributed by atoms with Crippen molar-refractivity contribution < 1.29 is 14.3 Å². The molecule has 0 heterocycles. The molecule has 1 N–H and O–H groups in total. The molecule has 0 saturated carbocycles. The van der Waals surface area contributed by atoms with E-state index in [1.165, 1.54) is 13.0 Å². The minimum atomic E-state index is -0.887. The normalized spacial score (nSPS) is 13.7. The first-order valence-corrected chi connectivity index (χ1v) is 7.73. The Hall–Kier alpha value is -1.52. The Morgan fingerprint density at radius 3 is 2.59 bits per heavy atom. The highest BCUT2D eigenvalue weighted by atomic mass is 35.5. The molecule has 0 fully saturated rings. The van der Waals surface area contributed by atoms with E-state index in [2.05, 4.69) is 5.32 Å². The van der Waals surface area contributed by atoms with E-state index in [-0.39, 0.29) is 6.04 Å². The van der Waals surface area contributed by atoms with E-state index in [4.69, 9.17) is 27.9 Å². The third-order valence-corrected chi connectivity index (χ3v) is 3.50. The molecule has 2 atom stereocenters. The van der Waals surface area contributed by atoms with Gasteiger partial charge in [0.2, 0.25) is 0 Å². The number of allylic oxidation sites excluding steroid dienone is 1. The van der Waals surface area contributed by atoms with Gasteiger partial charge in [-0.3, -0.25) is 4.79 Å². The molecule has 22 heavy (non-hydrogen) atoms. The Bertz CT molecular complexity index is 573. The second kappa shape index (κ2) is 8.81. The maximum absolute atomic E-state index is 12.0. The number of halogens is 2. The van der Waals surface area contributed by atoms with Crippen LogP contribution >= 0.6 is 23.2 Å². The summed E-state index contributed by atoms with van der Waals surface area (Å²) in [6.45, 7) is 5.21. The third-order valence-electron chi connectivity index (χ3n) is 2.94. The number of nitrogens with one attached hydrogen (secondary N) is 1. The van der Waals surface area contributed by atoms with Crippen LogP contribution in [0.4, 0.5) is 0 Å². The molecule has 1 aromatic carbocycles. The molecular formula is C16H19Cl2NO3. The summed E-state index contributed by atoms with van der Waals surface area (Å²) in [6.07, 6.45) is 2.82. The van der Waals surface area contributed by atoms with Gasteiger partial charge in [0.1, 0.15) is 0 Å². The van der Waals surface area contributed by atoms with Crippen LogP contribution in [0.15, 0.2) is 30.4 Å². The van der Waals surface area contributed by atoms with E-state index in [0.29, 0.717) is 10.0 Å². The second-order valence-electron chi connectivity index (χ2n) is 4.79. The molecule has 0 radical (unpaired) electrons. The van der Waals surface area contributed by atoms with Crippen molar-refractivity contribution in [2.45, 2.75) is 39.3 Å². The zero-order chi connectivity index (χ0) is 16.7. The number of amides is 1. The summed E-state index contributed by atoms with van der Waals surface area (Å²) in [5, 5.41) is 3.74. The monoisotopic (exact) mass is 343 g/mol. The van der Waals surface area contributed by atoms with Crippen LogP contribution in [0.2, 0.25) is 10.0 Å². The van der Waals surface area contributed by atoms with Crippen LogP contribution < -0.4 is 5.32 Å². The Balaban J connectivity index is 2.63. The van der Waals surface area contributed by atoms with Crippen LogP contribution in [-0.4, -0.2) is 18.0 Å². The number of hydrogen-bond donors (Lipinski definition) is 1. The van der Waals surface area contributed by atoms with E-state index in [0.717, 1.165) is 12.0 Å². The van der Waals surface area contributed by atoms with Gasteiger partial charge in [0.05, 0.1) is 6.04 Å². The van der Waals surface area contributed by atoms with Crippen molar-refractivity contribution in [1.29, 1.82) is 0 Å². The maximum atomic E-state index is 12.0. The summed E-state index contributed by atoms with van der Waals surface area (Å²) in [5.41, 5.74) is 0.740. The molecule has 0 saturated heterocycles. The van der Waals surface area contributed by atoms with E-state index in [9.17, 15) is 9.59 Å². The largest absolute Gasteiger partial charge is 0.449 e. The third kappa shape index (κ3) is 5.70. The van der Waals surface area contributed by atoms with Gasteiger partial charge in [-0.05, 0) is 38.0 Å². The summed E-state index contributed by atoms with van der Waals surface area (Å²) < 4.78 is 5.01. The Kier molecular flexibility index (Phi) is 7.42. The molecule has 0 aliphatic carbocycles. The fourth-order valence-corrected chi connectivity index (χ4v) is 2.31. The standard InChI is InChI=1S/C16H19Cl2NO3/c1-4-5-6-15(20)22-11(3)16(21)19-10(2)13-8-7-12(17)9-14(13)18/h5-11H,4H2,1-3H3,(H,19,21)/b6-5+/t10-,11+/m0/s1.